The van der Waals surface area contributed by atoms with Crippen molar-refractivity contribution in [1.82, 2.24) is 10.6 Å². The topological polar surface area (TPSA) is 83.7 Å². The van der Waals surface area contributed by atoms with E-state index in [1.807, 2.05) is 30.3 Å². The van der Waals surface area contributed by atoms with Gasteiger partial charge in [0.1, 0.15) is 17.1 Å². The zero-order chi connectivity index (χ0) is 17.6. The zero-order valence-corrected chi connectivity index (χ0v) is 14.2. The molecule has 2 amide bonds. The molecule has 0 aliphatic heterocycles. The number of benzene rings is 1. The number of hydrogen-bond donors (Lipinski definition) is 3. The van der Waals surface area contributed by atoms with Gasteiger partial charge in [-0.05, 0) is 31.5 Å². The minimum Gasteiger partial charge on any atom is -0.463 e. The molecule has 1 aromatic carbocycles. The Bertz CT molecular complexity index is 652. The summed E-state index contributed by atoms with van der Waals surface area (Å²) in [6.45, 7) is 3.75. The molecule has 0 aliphatic carbocycles. The average molecular weight is 332 g/mol. The molecular formula is C18H24N2O4. The normalized spacial score (nSPS) is 14.7. The number of carbonyl (C=O) groups excluding carboxylic acids is 1. The first kappa shape index (κ1) is 18.0. The van der Waals surface area contributed by atoms with Crippen molar-refractivity contribution >= 4 is 6.03 Å². The average Bonchev–Trinajstić information content (AvgIpc) is 3.02. The molecule has 0 aliphatic rings. The first-order valence-electron chi connectivity index (χ1n) is 7.81. The number of hydrogen-bond acceptors (Lipinski definition) is 4. The van der Waals surface area contributed by atoms with Gasteiger partial charge in [-0.25, -0.2) is 4.79 Å². The fraction of sp³-hybridized carbons (Fsp3) is 0.389. The minimum absolute atomic E-state index is 0.0365. The van der Waals surface area contributed by atoms with Crippen LogP contribution < -0.4 is 10.6 Å². The maximum Gasteiger partial charge on any atom is 0.315 e. The van der Waals surface area contributed by atoms with Crippen LogP contribution in [0.25, 0.3) is 0 Å². The Morgan fingerprint density at radius 3 is 2.54 bits per heavy atom. The molecular weight excluding hydrogens is 308 g/mol. The van der Waals surface area contributed by atoms with Gasteiger partial charge in [-0.1, -0.05) is 30.3 Å². The Morgan fingerprint density at radius 1 is 1.25 bits per heavy atom. The molecule has 2 aromatic rings. The van der Waals surface area contributed by atoms with Crippen LogP contribution in [0, 0.1) is 6.92 Å². The van der Waals surface area contributed by atoms with E-state index in [9.17, 15) is 9.90 Å². The molecule has 2 rings (SSSR count). The maximum atomic E-state index is 12.0. The molecule has 0 saturated carbocycles. The molecule has 1 heterocycles. The van der Waals surface area contributed by atoms with Crippen LogP contribution in [0.3, 0.4) is 0 Å². The van der Waals surface area contributed by atoms with Crippen molar-refractivity contribution in [2.75, 3.05) is 20.2 Å². The molecule has 6 heteroatoms. The smallest absolute Gasteiger partial charge is 0.315 e. The molecule has 0 spiro atoms. The second kappa shape index (κ2) is 7.99. The quantitative estimate of drug-likeness (QED) is 0.727. The van der Waals surface area contributed by atoms with Crippen LogP contribution in [0.1, 0.15) is 30.1 Å². The van der Waals surface area contributed by atoms with E-state index in [1.165, 1.54) is 0 Å². The SMILES string of the molecule is COC(CNC(=O)NCC(C)(O)c1ccc(C)o1)c1ccccc1. The molecule has 6 nitrogen and oxygen atoms in total. The fourth-order valence-electron chi connectivity index (χ4n) is 2.32. The van der Waals surface area contributed by atoms with Crippen molar-refractivity contribution in [2.45, 2.75) is 25.6 Å². The third kappa shape index (κ3) is 4.84. The van der Waals surface area contributed by atoms with Crippen LogP contribution in [0.2, 0.25) is 0 Å². The lowest BCUT2D eigenvalue weighted by atomic mass is 10.0. The van der Waals surface area contributed by atoms with E-state index < -0.39 is 5.60 Å². The van der Waals surface area contributed by atoms with Crippen LogP contribution in [-0.2, 0) is 10.3 Å². The van der Waals surface area contributed by atoms with Crippen molar-refractivity contribution in [2.24, 2.45) is 0 Å². The van der Waals surface area contributed by atoms with Gasteiger partial charge in [-0.2, -0.15) is 0 Å². The Labute approximate surface area is 141 Å². The Balaban J connectivity index is 1.82. The number of carbonyl (C=O) groups is 1. The lowest BCUT2D eigenvalue weighted by molar-refractivity contribution is 0.0357. The summed E-state index contributed by atoms with van der Waals surface area (Å²) in [5.74, 6) is 1.12. The molecule has 2 atom stereocenters. The molecule has 0 bridgehead atoms. The van der Waals surface area contributed by atoms with E-state index >= 15 is 0 Å². The van der Waals surface area contributed by atoms with Gasteiger partial charge in [0.2, 0.25) is 0 Å². The van der Waals surface area contributed by atoms with Gasteiger partial charge in [0.25, 0.3) is 0 Å². The first-order chi connectivity index (χ1) is 11.4. The minimum atomic E-state index is -1.27. The van der Waals surface area contributed by atoms with E-state index in [-0.39, 0.29) is 18.7 Å². The Morgan fingerprint density at radius 2 is 1.96 bits per heavy atom. The molecule has 0 saturated heterocycles. The summed E-state index contributed by atoms with van der Waals surface area (Å²) in [5, 5.41) is 15.8. The second-order valence-corrected chi connectivity index (χ2v) is 5.88. The van der Waals surface area contributed by atoms with Crippen LogP contribution in [0.5, 0.6) is 0 Å². The highest BCUT2D eigenvalue weighted by Crippen LogP contribution is 2.21. The van der Waals surface area contributed by atoms with Gasteiger partial charge in [0, 0.05) is 13.7 Å². The summed E-state index contributed by atoms with van der Waals surface area (Å²) in [5.41, 5.74) is -0.288. The Kier molecular flexibility index (Phi) is 6.00. The number of aryl methyl sites for hydroxylation is 1. The number of urea groups is 1. The predicted octanol–water partition coefficient (Wildman–Crippen LogP) is 2.48. The van der Waals surface area contributed by atoms with Crippen LogP contribution in [-0.4, -0.2) is 31.3 Å². The highest BCUT2D eigenvalue weighted by Gasteiger charge is 2.27. The van der Waals surface area contributed by atoms with Gasteiger partial charge < -0.3 is 24.9 Å². The molecule has 2 unspecified atom stereocenters. The van der Waals surface area contributed by atoms with Gasteiger partial charge >= 0.3 is 6.03 Å². The van der Waals surface area contributed by atoms with Crippen molar-refractivity contribution < 1.29 is 19.1 Å². The van der Waals surface area contributed by atoms with E-state index in [2.05, 4.69) is 10.6 Å². The molecule has 0 fully saturated rings. The summed E-state index contributed by atoms with van der Waals surface area (Å²) in [4.78, 5) is 12.0. The fourth-order valence-corrected chi connectivity index (χ4v) is 2.32. The van der Waals surface area contributed by atoms with Gasteiger partial charge in [-0.3, -0.25) is 0 Å². The van der Waals surface area contributed by atoms with E-state index in [4.69, 9.17) is 9.15 Å². The second-order valence-electron chi connectivity index (χ2n) is 5.88. The Hall–Kier alpha value is -2.31. The number of ether oxygens (including phenoxy) is 1. The third-order valence-electron chi connectivity index (χ3n) is 3.77. The summed E-state index contributed by atoms with van der Waals surface area (Å²) in [7, 11) is 1.60. The van der Waals surface area contributed by atoms with Gasteiger partial charge in [-0.15, -0.1) is 0 Å². The molecule has 0 radical (unpaired) electrons. The number of rotatable bonds is 7. The molecule has 130 valence electrons. The number of furan rings is 1. The van der Waals surface area contributed by atoms with Gasteiger partial charge in [0.15, 0.2) is 0 Å². The van der Waals surface area contributed by atoms with Crippen LogP contribution in [0.15, 0.2) is 46.9 Å². The predicted molar refractivity (Wildman–Crippen MR) is 90.6 cm³/mol. The standard InChI is InChI=1S/C18H24N2O4/c1-13-9-10-16(24-13)18(2,22)12-20-17(21)19-11-15(23-3)14-7-5-4-6-8-14/h4-10,15,22H,11-12H2,1-3H3,(H2,19,20,21). The lowest BCUT2D eigenvalue weighted by Gasteiger charge is -2.22. The monoisotopic (exact) mass is 332 g/mol. The van der Waals surface area contributed by atoms with E-state index in [0.717, 1.165) is 5.56 Å². The largest absolute Gasteiger partial charge is 0.463 e. The first-order valence-corrected chi connectivity index (χ1v) is 7.81. The lowest BCUT2D eigenvalue weighted by Crippen LogP contribution is -2.44. The third-order valence-corrected chi connectivity index (χ3v) is 3.77. The van der Waals surface area contributed by atoms with E-state index in [1.54, 1.807) is 33.1 Å². The summed E-state index contributed by atoms with van der Waals surface area (Å²) in [6, 6.07) is 12.7. The van der Waals surface area contributed by atoms with Gasteiger partial charge in [0.05, 0.1) is 12.6 Å². The molecule has 1 aromatic heterocycles. The van der Waals surface area contributed by atoms with Crippen LogP contribution in [0.4, 0.5) is 4.79 Å². The number of nitrogens with one attached hydrogen (secondary N) is 2. The number of aliphatic hydroxyl groups is 1. The van der Waals surface area contributed by atoms with Crippen molar-refractivity contribution in [3.05, 3.63) is 59.5 Å². The summed E-state index contributed by atoms with van der Waals surface area (Å²) < 4.78 is 10.8. The van der Waals surface area contributed by atoms with Crippen LogP contribution >= 0.6 is 0 Å². The molecule has 24 heavy (non-hydrogen) atoms. The summed E-state index contributed by atoms with van der Waals surface area (Å²) in [6.07, 6.45) is -0.231. The highest BCUT2D eigenvalue weighted by molar-refractivity contribution is 5.73. The summed E-state index contributed by atoms with van der Waals surface area (Å²) >= 11 is 0. The van der Waals surface area contributed by atoms with Crippen molar-refractivity contribution in [3.63, 3.8) is 0 Å². The van der Waals surface area contributed by atoms with E-state index in [0.29, 0.717) is 18.1 Å². The zero-order valence-electron chi connectivity index (χ0n) is 14.2. The van der Waals surface area contributed by atoms with Crippen molar-refractivity contribution in [3.8, 4) is 0 Å². The molecule has 3 N–H and O–H groups in total. The number of amides is 2. The highest BCUT2D eigenvalue weighted by atomic mass is 16.5. The maximum absolute atomic E-state index is 12.0. The number of methoxy groups -OCH3 is 1. The van der Waals surface area contributed by atoms with Crippen molar-refractivity contribution in [1.29, 1.82) is 0 Å².